The lowest BCUT2D eigenvalue weighted by atomic mass is 9.87. The first-order valence-electron chi connectivity index (χ1n) is 8.44. The average molecular weight is 344 g/mol. The number of hydrogen-bond acceptors (Lipinski definition) is 4. The number of urea groups is 1. The van der Waals surface area contributed by atoms with Crippen LogP contribution in [-0.4, -0.2) is 16.2 Å². The second kappa shape index (κ2) is 6.89. The highest BCUT2D eigenvalue weighted by molar-refractivity contribution is 7.15. The van der Waals surface area contributed by atoms with Crippen LogP contribution in [0.4, 0.5) is 15.6 Å². The third-order valence-corrected chi connectivity index (χ3v) is 5.38. The predicted molar refractivity (Wildman–Crippen MR) is 98.9 cm³/mol. The zero-order valence-electron chi connectivity index (χ0n) is 14.4. The van der Waals surface area contributed by atoms with Crippen LogP contribution in [0.15, 0.2) is 24.3 Å². The van der Waals surface area contributed by atoms with Crippen LogP contribution in [0.1, 0.15) is 62.9 Å². The van der Waals surface area contributed by atoms with Crippen LogP contribution in [0.3, 0.4) is 0 Å². The number of carbonyl (C=O) groups is 1. The van der Waals surface area contributed by atoms with Crippen LogP contribution in [0, 0.1) is 0 Å². The van der Waals surface area contributed by atoms with Crippen molar-refractivity contribution in [1.82, 2.24) is 10.2 Å². The quantitative estimate of drug-likeness (QED) is 0.810. The molecule has 0 atom stereocenters. The van der Waals surface area contributed by atoms with Crippen molar-refractivity contribution in [2.24, 2.45) is 0 Å². The van der Waals surface area contributed by atoms with Crippen molar-refractivity contribution < 1.29 is 4.79 Å². The summed E-state index contributed by atoms with van der Waals surface area (Å²) in [7, 11) is 0. The van der Waals surface area contributed by atoms with Gasteiger partial charge in [0.1, 0.15) is 5.01 Å². The first kappa shape index (κ1) is 16.9. The van der Waals surface area contributed by atoms with Gasteiger partial charge in [-0.05, 0) is 36.0 Å². The van der Waals surface area contributed by atoms with Gasteiger partial charge in [0.05, 0.1) is 0 Å². The topological polar surface area (TPSA) is 66.9 Å². The summed E-state index contributed by atoms with van der Waals surface area (Å²) in [4.78, 5) is 12.1. The molecule has 24 heavy (non-hydrogen) atoms. The first-order valence-corrected chi connectivity index (χ1v) is 9.25. The molecule has 0 spiro atoms. The number of benzene rings is 1. The van der Waals surface area contributed by atoms with Crippen molar-refractivity contribution >= 4 is 28.2 Å². The first-order chi connectivity index (χ1) is 11.4. The molecule has 3 rings (SSSR count). The van der Waals surface area contributed by atoms with E-state index in [2.05, 4.69) is 41.6 Å². The molecule has 6 heteroatoms. The molecule has 0 saturated heterocycles. The zero-order chi connectivity index (χ0) is 17.2. The molecule has 0 aliphatic heterocycles. The lowest BCUT2D eigenvalue weighted by Gasteiger charge is -2.19. The Balaban J connectivity index is 1.57. The highest BCUT2D eigenvalue weighted by Gasteiger charge is 2.21. The van der Waals surface area contributed by atoms with E-state index in [0.29, 0.717) is 11.0 Å². The van der Waals surface area contributed by atoms with Gasteiger partial charge in [-0.2, -0.15) is 0 Å². The van der Waals surface area contributed by atoms with Gasteiger partial charge in [-0.1, -0.05) is 57.1 Å². The zero-order valence-corrected chi connectivity index (χ0v) is 15.2. The summed E-state index contributed by atoms with van der Waals surface area (Å²) in [5.41, 5.74) is 2.10. The van der Waals surface area contributed by atoms with Crippen molar-refractivity contribution in [2.75, 3.05) is 10.6 Å². The monoisotopic (exact) mass is 344 g/mol. The van der Waals surface area contributed by atoms with E-state index in [9.17, 15) is 4.79 Å². The molecule has 0 bridgehead atoms. The Labute approximate surface area is 146 Å². The molecule has 1 aliphatic carbocycles. The molecule has 2 aromatic rings. The van der Waals surface area contributed by atoms with E-state index in [0.717, 1.165) is 10.7 Å². The largest absolute Gasteiger partial charge is 0.325 e. The molecule has 2 N–H and O–H groups in total. The van der Waals surface area contributed by atoms with Gasteiger partial charge in [-0.3, -0.25) is 5.32 Å². The Kier molecular flexibility index (Phi) is 4.85. The summed E-state index contributed by atoms with van der Waals surface area (Å²) in [5.74, 6) is 0.519. The molecule has 0 radical (unpaired) electrons. The maximum atomic E-state index is 12.1. The van der Waals surface area contributed by atoms with Gasteiger partial charge in [-0.15, -0.1) is 10.2 Å². The summed E-state index contributed by atoms with van der Waals surface area (Å²) >= 11 is 1.48. The van der Waals surface area contributed by atoms with Crippen molar-refractivity contribution in [3.8, 4) is 0 Å². The predicted octanol–water partition coefficient (Wildman–Crippen LogP) is 5.14. The fourth-order valence-electron chi connectivity index (χ4n) is 2.94. The Hall–Kier alpha value is -1.95. The number of aromatic nitrogens is 2. The molecule has 1 saturated carbocycles. The van der Waals surface area contributed by atoms with E-state index >= 15 is 0 Å². The van der Waals surface area contributed by atoms with Crippen LogP contribution in [0.25, 0.3) is 0 Å². The highest BCUT2D eigenvalue weighted by atomic mass is 32.1. The van der Waals surface area contributed by atoms with Crippen molar-refractivity contribution in [1.29, 1.82) is 0 Å². The van der Waals surface area contributed by atoms with E-state index in [1.54, 1.807) is 0 Å². The van der Waals surface area contributed by atoms with Gasteiger partial charge in [-0.25, -0.2) is 4.79 Å². The van der Waals surface area contributed by atoms with Gasteiger partial charge in [0.15, 0.2) is 0 Å². The van der Waals surface area contributed by atoms with Crippen LogP contribution in [0.2, 0.25) is 0 Å². The molecule has 1 aromatic carbocycles. The summed E-state index contributed by atoms with van der Waals surface area (Å²) < 4.78 is 0. The number of amides is 2. The Morgan fingerprint density at radius 3 is 2.38 bits per heavy atom. The number of rotatable bonds is 3. The minimum Gasteiger partial charge on any atom is -0.308 e. The molecule has 1 fully saturated rings. The third-order valence-electron chi connectivity index (χ3n) is 4.37. The highest BCUT2D eigenvalue weighted by Crippen LogP contribution is 2.36. The molecule has 1 aliphatic rings. The second-order valence-corrected chi connectivity index (χ2v) is 8.34. The fourth-order valence-corrected chi connectivity index (χ4v) is 3.84. The molecule has 128 valence electrons. The van der Waals surface area contributed by atoms with E-state index < -0.39 is 0 Å². The molecule has 1 aromatic heterocycles. The molecule has 1 heterocycles. The average Bonchev–Trinajstić information content (AvgIpc) is 3.17. The van der Waals surface area contributed by atoms with Gasteiger partial charge in [0.25, 0.3) is 0 Å². The van der Waals surface area contributed by atoms with E-state index in [1.165, 1.54) is 42.6 Å². The maximum Gasteiger partial charge on any atom is 0.325 e. The second-order valence-electron chi connectivity index (χ2n) is 7.33. The normalized spacial score (nSPS) is 15.5. The minimum absolute atomic E-state index is 0.101. The lowest BCUT2D eigenvalue weighted by Crippen LogP contribution is -2.19. The van der Waals surface area contributed by atoms with Crippen LogP contribution in [0.5, 0.6) is 0 Å². The number of carbonyl (C=O) groups excluding carboxylic acids is 1. The van der Waals surface area contributed by atoms with Crippen LogP contribution >= 0.6 is 11.3 Å². The standard InChI is InChI=1S/C18H24N4OS/c1-18(2,3)13-8-10-14(11-9-13)19-16(23)20-17-22-21-15(24-17)12-6-4-5-7-12/h8-12H,4-7H2,1-3H3,(H2,19,20,22,23). The molecule has 2 amide bonds. The van der Waals surface area contributed by atoms with E-state index in [4.69, 9.17) is 0 Å². The summed E-state index contributed by atoms with van der Waals surface area (Å²) in [6, 6.07) is 7.64. The molecule has 5 nitrogen and oxygen atoms in total. The van der Waals surface area contributed by atoms with Crippen molar-refractivity contribution in [3.05, 3.63) is 34.8 Å². The Morgan fingerprint density at radius 1 is 1.08 bits per heavy atom. The summed E-state index contributed by atoms with van der Waals surface area (Å²) in [6.45, 7) is 6.50. The summed E-state index contributed by atoms with van der Waals surface area (Å²) in [5, 5.41) is 15.5. The minimum atomic E-state index is -0.285. The van der Waals surface area contributed by atoms with Gasteiger partial charge < -0.3 is 5.32 Å². The SMILES string of the molecule is CC(C)(C)c1ccc(NC(=O)Nc2nnc(C3CCCC3)s2)cc1. The van der Waals surface area contributed by atoms with Crippen molar-refractivity contribution in [2.45, 2.75) is 57.8 Å². The number of nitrogens with one attached hydrogen (secondary N) is 2. The molecule has 0 unspecified atom stereocenters. The van der Waals surface area contributed by atoms with Gasteiger partial charge in [0.2, 0.25) is 5.13 Å². The molecular formula is C18H24N4OS. The van der Waals surface area contributed by atoms with Crippen LogP contribution in [-0.2, 0) is 5.41 Å². The fraction of sp³-hybridized carbons (Fsp3) is 0.500. The number of nitrogens with zero attached hydrogens (tertiary/aromatic N) is 2. The van der Waals surface area contributed by atoms with E-state index in [1.807, 2.05) is 24.3 Å². The summed E-state index contributed by atoms with van der Waals surface area (Å²) in [6.07, 6.45) is 4.89. The maximum absolute atomic E-state index is 12.1. The van der Waals surface area contributed by atoms with Crippen molar-refractivity contribution in [3.63, 3.8) is 0 Å². The third kappa shape index (κ3) is 4.12. The Bertz CT molecular complexity index is 697. The van der Waals surface area contributed by atoms with E-state index in [-0.39, 0.29) is 11.4 Å². The number of anilines is 2. The van der Waals surface area contributed by atoms with Gasteiger partial charge in [0, 0.05) is 11.6 Å². The number of hydrogen-bond donors (Lipinski definition) is 2. The molecular weight excluding hydrogens is 320 g/mol. The lowest BCUT2D eigenvalue weighted by molar-refractivity contribution is 0.262. The van der Waals surface area contributed by atoms with Gasteiger partial charge >= 0.3 is 6.03 Å². The van der Waals surface area contributed by atoms with Crippen LogP contribution < -0.4 is 10.6 Å². The Morgan fingerprint density at radius 2 is 1.75 bits per heavy atom. The smallest absolute Gasteiger partial charge is 0.308 e.